The van der Waals surface area contributed by atoms with Crippen LogP contribution in [-0.2, 0) is 4.74 Å². The zero-order valence-electron chi connectivity index (χ0n) is 12.7. The average molecular weight is 330 g/mol. The van der Waals surface area contributed by atoms with E-state index in [4.69, 9.17) is 15.2 Å². The first-order valence-electron chi connectivity index (χ1n) is 6.80. The summed E-state index contributed by atoms with van der Waals surface area (Å²) >= 11 is 0. The molecule has 0 heterocycles. The van der Waals surface area contributed by atoms with Crippen molar-refractivity contribution in [1.82, 2.24) is 0 Å². The third-order valence-electron chi connectivity index (χ3n) is 3.19. The van der Waals surface area contributed by atoms with Crippen molar-refractivity contribution in [1.29, 1.82) is 0 Å². The van der Waals surface area contributed by atoms with Gasteiger partial charge in [0.15, 0.2) is 12.4 Å². The molecule has 0 unspecified atom stereocenters. The van der Waals surface area contributed by atoms with Crippen molar-refractivity contribution in [2.45, 2.75) is 0 Å². The number of methoxy groups -OCH3 is 1. The molecule has 8 nitrogen and oxygen atoms in total. The quantitative estimate of drug-likeness (QED) is 0.283. The first-order valence-corrected chi connectivity index (χ1v) is 6.80. The zero-order valence-corrected chi connectivity index (χ0v) is 12.7. The molecule has 0 spiro atoms. The maximum Gasteiger partial charge on any atom is 0.338 e. The molecule has 0 aliphatic heterocycles. The number of esters is 1. The molecule has 124 valence electrons. The molecule has 24 heavy (non-hydrogen) atoms. The van der Waals surface area contributed by atoms with Gasteiger partial charge in [-0.3, -0.25) is 14.9 Å². The number of nitrogen functional groups attached to an aromatic ring is 1. The lowest BCUT2D eigenvalue weighted by atomic mass is 10.1. The Bertz CT molecular complexity index is 803. The highest BCUT2D eigenvalue weighted by molar-refractivity contribution is 5.99. The van der Waals surface area contributed by atoms with E-state index in [-0.39, 0.29) is 11.3 Å². The highest BCUT2D eigenvalue weighted by atomic mass is 16.6. The van der Waals surface area contributed by atoms with Gasteiger partial charge in [0.05, 0.1) is 17.6 Å². The van der Waals surface area contributed by atoms with Crippen LogP contribution >= 0.6 is 0 Å². The number of benzene rings is 2. The van der Waals surface area contributed by atoms with Crippen LogP contribution in [0, 0.1) is 10.1 Å². The number of nitro groups is 1. The van der Waals surface area contributed by atoms with E-state index in [0.717, 1.165) is 6.07 Å². The Morgan fingerprint density at radius 1 is 1.17 bits per heavy atom. The number of nitrogens with two attached hydrogens (primary N) is 1. The number of carbonyl (C=O) groups excluding carboxylic acids is 2. The minimum absolute atomic E-state index is 0.0608. The number of ether oxygens (including phenoxy) is 2. The van der Waals surface area contributed by atoms with Crippen LogP contribution in [0.3, 0.4) is 0 Å². The molecule has 0 aliphatic carbocycles. The molecule has 2 aromatic rings. The molecule has 0 aromatic heterocycles. The fourth-order valence-corrected chi connectivity index (χ4v) is 1.92. The summed E-state index contributed by atoms with van der Waals surface area (Å²) in [5.74, 6) is -0.775. The van der Waals surface area contributed by atoms with Crippen LogP contribution < -0.4 is 10.5 Å². The molecule has 0 fully saturated rings. The van der Waals surface area contributed by atoms with Crippen molar-refractivity contribution in [3.8, 4) is 5.75 Å². The van der Waals surface area contributed by atoms with Gasteiger partial charge in [0.1, 0.15) is 11.4 Å². The second-order valence-electron chi connectivity index (χ2n) is 4.76. The van der Waals surface area contributed by atoms with Gasteiger partial charge in [-0.25, -0.2) is 4.79 Å². The Morgan fingerprint density at radius 3 is 2.58 bits per heavy atom. The Hall–Kier alpha value is -3.42. The smallest absolute Gasteiger partial charge is 0.338 e. The number of nitro benzene ring substituents is 1. The molecule has 2 rings (SSSR count). The molecule has 0 saturated heterocycles. The van der Waals surface area contributed by atoms with Crippen molar-refractivity contribution >= 4 is 23.1 Å². The van der Waals surface area contributed by atoms with Crippen LogP contribution in [0.1, 0.15) is 20.7 Å². The lowest BCUT2D eigenvalue weighted by molar-refractivity contribution is -0.383. The summed E-state index contributed by atoms with van der Waals surface area (Å²) < 4.78 is 9.91. The van der Waals surface area contributed by atoms with Crippen LogP contribution in [0.2, 0.25) is 0 Å². The van der Waals surface area contributed by atoms with Crippen LogP contribution in [0.4, 0.5) is 11.4 Å². The van der Waals surface area contributed by atoms with E-state index in [0.29, 0.717) is 11.3 Å². The Labute approximate surface area is 136 Å². The zero-order chi connectivity index (χ0) is 17.7. The molecule has 2 N–H and O–H groups in total. The molecule has 2 aromatic carbocycles. The summed E-state index contributed by atoms with van der Waals surface area (Å²) in [7, 11) is 1.47. The third-order valence-corrected chi connectivity index (χ3v) is 3.19. The highest BCUT2D eigenvalue weighted by Gasteiger charge is 2.18. The maximum absolute atomic E-state index is 12.0. The van der Waals surface area contributed by atoms with Gasteiger partial charge >= 0.3 is 5.97 Å². The monoisotopic (exact) mass is 330 g/mol. The van der Waals surface area contributed by atoms with Gasteiger partial charge in [-0.2, -0.15) is 0 Å². The maximum atomic E-state index is 12.0. The average Bonchev–Trinajstić information content (AvgIpc) is 2.59. The Morgan fingerprint density at radius 2 is 1.92 bits per heavy atom. The first kappa shape index (κ1) is 16.9. The molecule has 0 saturated carbocycles. The Kier molecular flexibility index (Phi) is 5.10. The van der Waals surface area contributed by atoms with Crippen LogP contribution in [0.15, 0.2) is 42.5 Å². The standard InChI is InChI=1S/C16H14N2O6/c1-23-12-4-2-3-10(7-12)15(19)9-24-16(20)11-5-6-13(17)14(8-11)18(21)22/h2-8H,9,17H2,1H3. The minimum Gasteiger partial charge on any atom is -0.497 e. The summed E-state index contributed by atoms with van der Waals surface area (Å²) in [6, 6.07) is 9.93. The van der Waals surface area contributed by atoms with Crippen molar-refractivity contribution in [3.63, 3.8) is 0 Å². The number of anilines is 1. The predicted octanol–water partition coefficient (Wildman–Crippen LogP) is 2.23. The van der Waals surface area contributed by atoms with E-state index in [2.05, 4.69) is 0 Å². The molecule has 0 bridgehead atoms. The van der Waals surface area contributed by atoms with Gasteiger partial charge in [0, 0.05) is 11.6 Å². The molecule has 0 aliphatic rings. The molecular weight excluding hydrogens is 316 g/mol. The summed E-state index contributed by atoms with van der Waals surface area (Å²) in [6.07, 6.45) is 0. The van der Waals surface area contributed by atoms with Crippen molar-refractivity contribution < 1.29 is 24.0 Å². The lowest BCUT2D eigenvalue weighted by Gasteiger charge is -2.06. The number of hydrogen-bond acceptors (Lipinski definition) is 7. The van der Waals surface area contributed by atoms with Crippen molar-refractivity contribution in [2.75, 3.05) is 19.5 Å². The highest BCUT2D eigenvalue weighted by Crippen LogP contribution is 2.22. The van der Waals surface area contributed by atoms with Crippen molar-refractivity contribution in [2.24, 2.45) is 0 Å². The van der Waals surface area contributed by atoms with E-state index < -0.39 is 29.0 Å². The van der Waals surface area contributed by atoms with E-state index >= 15 is 0 Å². The lowest BCUT2D eigenvalue weighted by Crippen LogP contribution is -2.14. The molecule has 0 atom stereocenters. The normalized spacial score (nSPS) is 10.0. The van der Waals surface area contributed by atoms with Gasteiger partial charge in [0.2, 0.25) is 0 Å². The molecule has 0 amide bonds. The predicted molar refractivity (Wildman–Crippen MR) is 85.1 cm³/mol. The fourth-order valence-electron chi connectivity index (χ4n) is 1.92. The van der Waals surface area contributed by atoms with E-state index in [1.165, 1.54) is 25.3 Å². The second-order valence-corrected chi connectivity index (χ2v) is 4.76. The van der Waals surface area contributed by atoms with E-state index in [1.807, 2.05) is 0 Å². The number of carbonyl (C=O) groups is 2. The minimum atomic E-state index is -0.852. The summed E-state index contributed by atoms with van der Waals surface area (Å²) in [4.78, 5) is 34.1. The number of rotatable bonds is 6. The fraction of sp³-hybridized carbons (Fsp3) is 0.125. The third kappa shape index (κ3) is 3.86. The van der Waals surface area contributed by atoms with Gasteiger partial charge in [-0.1, -0.05) is 12.1 Å². The van der Waals surface area contributed by atoms with Crippen molar-refractivity contribution in [3.05, 3.63) is 63.7 Å². The second kappa shape index (κ2) is 7.23. The first-order chi connectivity index (χ1) is 11.4. The molecule has 8 heteroatoms. The van der Waals surface area contributed by atoms with Crippen LogP contribution in [-0.4, -0.2) is 30.4 Å². The van der Waals surface area contributed by atoms with Crippen LogP contribution in [0.5, 0.6) is 5.75 Å². The number of Topliss-reactive ketones (excluding diaryl/α,β-unsaturated/α-hetero) is 1. The SMILES string of the molecule is COc1cccc(C(=O)COC(=O)c2ccc(N)c([N+](=O)[O-])c2)c1. The largest absolute Gasteiger partial charge is 0.497 e. The molecule has 0 radical (unpaired) electrons. The number of nitrogens with zero attached hydrogens (tertiary/aromatic N) is 1. The molecular formula is C16H14N2O6. The van der Waals surface area contributed by atoms with Gasteiger partial charge in [-0.05, 0) is 24.3 Å². The van der Waals surface area contributed by atoms with Gasteiger partial charge < -0.3 is 15.2 Å². The Balaban J connectivity index is 2.06. The summed E-state index contributed by atoms with van der Waals surface area (Å²) in [5, 5.41) is 10.8. The summed E-state index contributed by atoms with van der Waals surface area (Å²) in [6.45, 7) is -0.496. The topological polar surface area (TPSA) is 122 Å². The van der Waals surface area contributed by atoms with E-state index in [9.17, 15) is 19.7 Å². The summed E-state index contributed by atoms with van der Waals surface area (Å²) in [5.41, 5.74) is 5.25. The van der Waals surface area contributed by atoms with E-state index in [1.54, 1.807) is 18.2 Å². The van der Waals surface area contributed by atoms with Crippen LogP contribution in [0.25, 0.3) is 0 Å². The van der Waals surface area contributed by atoms with Gasteiger partial charge in [-0.15, -0.1) is 0 Å². The number of ketones is 1. The number of hydrogen-bond donors (Lipinski definition) is 1. The van der Waals surface area contributed by atoms with Gasteiger partial charge in [0.25, 0.3) is 5.69 Å².